The molecule has 23 heavy (non-hydrogen) atoms. The highest BCUT2D eigenvalue weighted by atomic mass is 16.8. The molecule has 2 heterocycles. The van der Waals surface area contributed by atoms with Crippen molar-refractivity contribution in [2.24, 2.45) is 0 Å². The van der Waals surface area contributed by atoms with E-state index in [0.29, 0.717) is 49.7 Å². The van der Waals surface area contributed by atoms with E-state index < -0.39 is 10.4 Å². The number of anilines is 1. The van der Waals surface area contributed by atoms with E-state index in [1.807, 2.05) is 18.7 Å². The van der Waals surface area contributed by atoms with E-state index >= 15 is 0 Å². The first-order valence-electron chi connectivity index (χ1n) is 7.65. The maximum Gasteiger partial charge on any atom is 0.190 e. The highest BCUT2D eigenvalue weighted by Gasteiger charge is 2.38. The SMILES string of the molecule is CC1(C)Cc2cc([N+](C)([O-])O)c(N3CCOCC3)c(C#N)c2O1. The van der Waals surface area contributed by atoms with E-state index in [9.17, 15) is 15.7 Å². The molecule has 0 radical (unpaired) electrons. The normalized spacial score (nSPS) is 22.0. The predicted molar refractivity (Wildman–Crippen MR) is 85.5 cm³/mol. The molecule has 1 aromatic carbocycles. The molecule has 0 bridgehead atoms. The van der Waals surface area contributed by atoms with Crippen molar-refractivity contribution in [1.82, 2.24) is 4.81 Å². The van der Waals surface area contributed by atoms with Crippen molar-refractivity contribution >= 4 is 11.4 Å². The molecule has 1 N–H and O–H groups in total. The highest BCUT2D eigenvalue weighted by molar-refractivity contribution is 5.81. The van der Waals surface area contributed by atoms with E-state index in [0.717, 1.165) is 12.6 Å². The summed E-state index contributed by atoms with van der Waals surface area (Å²) in [5.41, 5.74) is 1.29. The van der Waals surface area contributed by atoms with Gasteiger partial charge in [-0.05, 0) is 13.8 Å². The molecular formula is C16H21N3O4. The Kier molecular flexibility index (Phi) is 3.73. The van der Waals surface area contributed by atoms with Gasteiger partial charge in [0.05, 0.1) is 13.2 Å². The lowest BCUT2D eigenvalue weighted by molar-refractivity contribution is -0.00428. The van der Waals surface area contributed by atoms with E-state index in [1.54, 1.807) is 6.07 Å². The number of nitrogens with zero attached hydrogens (tertiary/aromatic N) is 3. The van der Waals surface area contributed by atoms with Crippen LogP contribution in [0.1, 0.15) is 25.0 Å². The van der Waals surface area contributed by atoms with Crippen LogP contribution in [0.4, 0.5) is 11.4 Å². The first kappa shape index (κ1) is 16.0. The third-order valence-corrected chi connectivity index (χ3v) is 4.19. The molecule has 1 unspecified atom stereocenters. The third-order valence-electron chi connectivity index (χ3n) is 4.19. The number of hydrogen-bond acceptors (Lipinski definition) is 6. The molecule has 0 saturated carbocycles. The van der Waals surface area contributed by atoms with Gasteiger partial charge in [0.15, 0.2) is 5.69 Å². The molecule has 1 aromatic rings. The van der Waals surface area contributed by atoms with Crippen LogP contribution in [0.5, 0.6) is 5.75 Å². The van der Waals surface area contributed by atoms with Crippen molar-refractivity contribution in [3.05, 3.63) is 22.4 Å². The minimum absolute atomic E-state index is 0.170. The van der Waals surface area contributed by atoms with Gasteiger partial charge in [-0.1, -0.05) is 0 Å². The quantitative estimate of drug-likeness (QED) is 0.662. The fourth-order valence-corrected chi connectivity index (χ4v) is 3.24. The number of fused-ring (bicyclic) bond motifs is 1. The summed E-state index contributed by atoms with van der Waals surface area (Å²) in [6.07, 6.45) is 0.591. The summed E-state index contributed by atoms with van der Waals surface area (Å²) in [6.45, 7) is 6.02. The summed E-state index contributed by atoms with van der Waals surface area (Å²) in [7, 11) is 1.15. The number of hydroxylamine groups is 2. The standard InChI is InChI=1S/C16H21N3O4/c1-16(2)9-11-8-13(19(3,20)21)14(12(10-17)15(11)23-16)18-4-6-22-7-5-18/h8,20H,4-7,9H2,1-3H3. The molecule has 0 spiro atoms. The van der Waals surface area contributed by atoms with E-state index in [4.69, 9.17) is 9.47 Å². The van der Waals surface area contributed by atoms with Crippen LogP contribution in [0.3, 0.4) is 0 Å². The zero-order valence-electron chi connectivity index (χ0n) is 13.6. The van der Waals surface area contributed by atoms with E-state index in [2.05, 4.69) is 6.07 Å². The van der Waals surface area contributed by atoms with Crippen molar-refractivity contribution < 1.29 is 14.7 Å². The minimum atomic E-state index is -1.57. The van der Waals surface area contributed by atoms with Gasteiger partial charge in [-0.2, -0.15) is 10.1 Å². The lowest BCUT2D eigenvalue weighted by Crippen LogP contribution is -2.41. The second-order valence-electron chi connectivity index (χ2n) is 6.74. The van der Waals surface area contributed by atoms with Crippen molar-refractivity contribution in [3.63, 3.8) is 0 Å². The van der Waals surface area contributed by atoms with Crippen LogP contribution in [0, 0.1) is 16.5 Å². The Labute approximate surface area is 135 Å². The highest BCUT2D eigenvalue weighted by Crippen LogP contribution is 2.47. The van der Waals surface area contributed by atoms with Crippen LogP contribution < -0.4 is 14.4 Å². The van der Waals surface area contributed by atoms with Gasteiger partial charge in [0.2, 0.25) is 0 Å². The number of benzene rings is 1. The topological polar surface area (TPSA) is 88.8 Å². The molecule has 0 amide bonds. The van der Waals surface area contributed by atoms with Crippen LogP contribution in [-0.2, 0) is 11.2 Å². The third kappa shape index (κ3) is 2.86. The summed E-state index contributed by atoms with van der Waals surface area (Å²) in [4.78, 5) is 0.339. The average Bonchev–Trinajstić information content (AvgIpc) is 2.79. The minimum Gasteiger partial charge on any atom is -0.593 e. The van der Waals surface area contributed by atoms with Gasteiger partial charge < -0.3 is 19.6 Å². The van der Waals surface area contributed by atoms with Crippen LogP contribution >= 0.6 is 0 Å². The predicted octanol–water partition coefficient (Wildman–Crippen LogP) is 1.93. The molecule has 2 aliphatic heterocycles. The number of nitriles is 1. The number of morpholine rings is 1. The molecule has 124 valence electrons. The number of quaternary nitrogens is 1. The van der Waals surface area contributed by atoms with Crippen LogP contribution in [0.15, 0.2) is 6.07 Å². The van der Waals surface area contributed by atoms with Gasteiger partial charge in [0.1, 0.15) is 35.7 Å². The Balaban J connectivity index is 2.22. The first-order valence-corrected chi connectivity index (χ1v) is 7.65. The Morgan fingerprint density at radius 3 is 2.61 bits per heavy atom. The lowest BCUT2D eigenvalue weighted by Gasteiger charge is -2.36. The van der Waals surface area contributed by atoms with Gasteiger partial charge in [0.25, 0.3) is 0 Å². The largest absolute Gasteiger partial charge is 0.593 e. The molecule has 1 fully saturated rings. The zero-order chi connectivity index (χ0) is 16.8. The van der Waals surface area contributed by atoms with Gasteiger partial charge in [-0.15, -0.1) is 0 Å². The van der Waals surface area contributed by atoms with Crippen LogP contribution in [0.25, 0.3) is 0 Å². The molecular weight excluding hydrogens is 298 g/mol. The lowest BCUT2D eigenvalue weighted by atomic mass is 9.98. The second kappa shape index (κ2) is 5.35. The molecule has 1 saturated heterocycles. The molecule has 3 rings (SSSR count). The molecule has 1 atom stereocenters. The van der Waals surface area contributed by atoms with Crippen molar-refractivity contribution in [3.8, 4) is 11.8 Å². The molecule has 2 aliphatic rings. The zero-order valence-corrected chi connectivity index (χ0v) is 13.6. The molecule has 7 heteroatoms. The fourth-order valence-electron chi connectivity index (χ4n) is 3.24. The molecule has 0 aliphatic carbocycles. The summed E-state index contributed by atoms with van der Waals surface area (Å²) in [5.74, 6) is 0.524. The smallest absolute Gasteiger partial charge is 0.190 e. The number of rotatable bonds is 2. The Morgan fingerprint density at radius 2 is 2.04 bits per heavy atom. The summed E-state index contributed by atoms with van der Waals surface area (Å²) < 4.78 is 11.3. The molecule has 0 aromatic heterocycles. The fraction of sp³-hybridized carbons (Fsp3) is 0.562. The van der Waals surface area contributed by atoms with Crippen LogP contribution in [0.2, 0.25) is 0 Å². The maximum absolute atomic E-state index is 12.3. The van der Waals surface area contributed by atoms with Crippen molar-refractivity contribution in [1.29, 1.82) is 5.26 Å². The summed E-state index contributed by atoms with van der Waals surface area (Å²) in [6, 6.07) is 3.85. The van der Waals surface area contributed by atoms with Gasteiger partial charge in [-0.3, -0.25) is 0 Å². The van der Waals surface area contributed by atoms with Gasteiger partial charge in [-0.25, -0.2) is 5.21 Å². The summed E-state index contributed by atoms with van der Waals surface area (Å²) in [5, 5.41) is 32.0. The Bertz CT molecular complexity index is 667. The maximum atomic E-state index is 12.3. The van der Waals surface area contributed by atoms with Crippen molar-refractivity contribution in [2.75, 3.05) is 38.3 Å². The second-order valence-corrected chi connectivity index (χ2v) is 6.74. The van der Waals surface area contributed by atoms with Crippen molar-refractivity contribution in [2.45, 2.75) is 25.9 Å². The average molecular weight is 319 g/mol. The monoisotopic (exact) mass is 319 g/mol. The van der Waals surface area contributed by atoms with E-state index in [-0.39, 0.29) is 5.69 Å². The van der Waals surface area contributed by atoms with Gasteiger partial charge >= 0.3 is 0 Å². The Hall–Kier alpha value is -1.85. The van der Waals surface area contributed by atoms with Crippen LogP contribution in [-0.4, -0.2) is 44.2 Å². The first-order chi connectivity index (χ1) is 10.7. The summed E-state index contributed by atoms with van der Waals surface area (Å²) >= 11 is 0. The number of hydrogen-bond donors (Lipinski definition) is 1. The molecule has 7 nitrogen and oxygen atoms in total. The number of ether oxygens (including phenoxy) is 2. The van der Waals surface area contributed by atoms with Gasteiger partial charge in [0, 0.05) is 31.1 Å². The Morgan fingerprint density at radius 1 is 1.39 bits per heavy atom. The van der Waals surface area contributed by atoms with E-state index in [1.165, 1.54) is 0 Å².